The molecule has 0 radical (unpaired) electrons. The Kier molecular flexibility index (Phi) is 5.49. The van der Waals surface area contributed by atoms with Gasteiger partial charge in [-0.25, -0.2) is 4.98 Å². The van der Waals surface area contributed by atoms with Crippen LogP contribution >= 0.6 is 0 Å². The van der Waals surface area contributed by atoms with Gasteiger partial charge < -0.3 is 5.73 Å². The summed E-state index contributed by atoms with van der Waals surface area (Å²) < 4.78 is 32.7. The first-order chi connectivity index (χ1) is 14.7. The molecule has 3 N–H and O–H groups in total. The van der Waals surface area contributed by atoms with E-state index in [1.54, 1.807) is 0 Å². The Hall–Kier alpha value is -3.26. The molecule has 0 fully saturated rings. The van der Waals surface area contributed by atoms with E-state index in [9.17, 15) is 0 Å². The minimum absolute atomic E-state index is 0.583. The molecular weight excluding hydrogens is 416 g/mol. The first-order valence-corrected chi connectivity index (χ1v) is 10.7. The molecule has 5 rings (SSSR count). The van der Waals surface area contributed by atoms with Crippen LogP contribution < -0.4 is 19.7 Å². The molecule has 7 heteroatoms. The normalized spacial score (nSPS) is 11.5. The molecule has 0 aliphatic rings. The van der Waals surface area contributed by atoms with Crippen molar-refractivity contribution >= 4 is 38.3 Å². The molecule has 1 heterocycles. The van der Waals surface area contributed by atoms with Crippen LogP contribution in [0, 0.1) is 17.2 Å². The molecule has 0 aliphatic carbocycles. The van der Waals surface area contributed by atoms with E-state index in [2.05, 4.69) is 73.7 Å². The van der Waals surface area contributed by atoms with Crippen LogP contribution in [-0.4, -0.2) is 9.64 Å². The summed E-state index contributed by atoms with van der Waals surface area (Å²) in [7, 11) is -4.69. The number of nitrogens with zero attached hydrogens (tertiary/aromatic N) is 1. The minimum Gasteiger partial charge on any atom is -0.383 e. The second-order valence-electron chi connectivity index (χ2n) is 7.17. The van der Waals surface area contributed by atoms with Gasteiger partial charge in [0, 0.05) is 16.2 Å². The van der Waals surface area contributed by atoms with Gasteiger partial charge in [-0.2, -0.15) is 14.0 Å². The van der Waals surface area contributed by atoms with Gasteiger partial charge in [-0.3, -0.25) is 0 Å². The Morgan fingerprint density at radius 3 is 2.00 bits per heavy atom. The van der Waals surface area contributed by atoms with Crippen LogP contribution in [0.25, 0.3) is 43.6 Å². The molecule has 0 atom stereocenters. The number of aromatic nitrogens is 1. The molecule has 1 aromatic heterocycles. The molecule has 0 aliphatic heterocycles. The van der Waals surface area contributed by atoms with Crippen molar-refractivity contribution in [3.63, 3.8) is 0 Å². The van der Waals surface area contributed by atoms with Crippen LogP contribution in [0.15, 0.2) is 78.9 Å². The number of pyridine rings is 1. The number of aryl methyl sites for hydroxylation is 1. The van der Waals surface area contributed by atoms with Crippen LogP contribution in [0.2, 0.25) is 0 Å². The Morgan fingerprint density at radius 1 is 0.806 bits per heavy atom. The predicted molar refractivity (Wildman–Crippen MR) is 114 cm³/mol. The smallest absolute Gasteiger partial charge is 0.132 e. The Labute approximate surface area is 180 Å². The number of hydrogen-bond acceptors (Lipinski definition) is 6. The minimum atomic E-state index is -4.69. The molecule has 0 spiro atoms. The van der Waals surface area contributed by atoms with Gasteiger partial charge in [-0.15, -0.1) is 0 Å². The van der Waals surface area contributed by atoms with Gasteiger partial charge in [0.15, 0.2) is 0 Å². The van der Waals surface area contributed by atoms with E-state index >= 15 is 0 Å². The summed E-state index contributed by atoms with van der Waals surface area (Å²) in [4.78, 5) is 4.81. The highest BCUT2D eigenvalue weighted by Crippen LogP contribution is 2.39. The van der Waals surface area contributed by atoms with Crippen molar-refractivity contribution in [2.75, 3.05) is 5.73 Å². The second kappa shape index (κ2) is 8.11. The Bertz CT molecular complexity index is 1390. The average molecular weight is 435 g/mol. The number of anilines is 1. The predicted octanol–water partition coefficient (Wildman–Crippen LogP) is 1.97. The maximum atomic E-state index is 8.60. The van der Waals surface area contributed by atoms with E-state index in [1.165, 1.54) is 22.1 Å². The number of fused-ring (bicyclic) bond motifs is 5. The number of nitrogen functional groups attached to an aromatic ring is 1. The van der Waals surface area contributed by atoms with Crippen molar-refractivity contribution in [1.82, 2.24) is 4.98 Å². The molecule has 0 saturated heterocycles. The summed E-state index contributed by atoms with van der Waals surface area (Å²) in [5, 5.41) is 5.63. The first-order valence-electron chi connectivity index (χ1n) is 9.42. The third-order valence-corrected chi connectivity index (χ3v) is 5.09. The number of hydrogen-bond donors (Lipinski definition) is 2. The summed E-state index contributed by atoms with van der Waals surface area (Å²) in [6, 6.07) is 27.6. The first kappa shape index (κ1) is 21.0. The molecule has 0 bridgehead atoms. The van der Waals surface area contributed by atoms with Crippen molar-refractivity contribution in [3.8, 4) is 11.1 Å². The van der Waals surface area contributed by atoms with E-state index in [-0.39, 0.29) is 0 Å². The standard InChI is InChI=1S/C24H18N2.ClHO4/c1-15-10-12-16(13-11-15)21-14-17-6-2-3-7-18(17)23-22(21)19-8-4-5-9-20(19)24(25)26-23;2-1(3,4)5/h2-14H,1H3,(H2,25,26);(H,2,3,4,5). The van der Waals surface area contributed by atoms with E-state index < -0.39 is 10.2 Å². The maximum Gasteiger partial charge on any atom is 0.132 e. The highest BCUT2D eigenvalue weighted by molar-refractivity contribution is 6.22. The number of halogens is 1. The van der Waals surface area contributed by atoms with Crippen LogP contribution in [-0.2, 0) is 0 Å². The van der Waals surface area contributed by atoms with Crippen LogP contribution in [0.4, 0.5) is 5.82 Å². The fourth-order valence-electron chi connectivity index (χ4n) is 3.78. The Balaban J connectivity index is 0.000000418. The topological polar surface area (TPSA) is 128 Å². The van der Waals surface area contributed by atoms with E-state index in [0.717, 1.165) is 27.1 Å². The zero-order chi connectivity index (χ0) is 22.2. The van der Waals surface area contributed by atoms with E-state index in [0.29, 0.717) is 5.82 Å². The fraction of sp³-hybridized carbons (Fsp3) is 0.0417. The van der Waals surface area contributed by atoms with Crippen molar-refractivity contribution < 1.29 is 28.9 Å². The lowest BCUT2D eigenvalue weighted by molar-refractivity contribution is -1.92. The molecular formula is C24H19ClN2O4. The van der Waals surface area contributed by atoms with Gasteiger partial charge in [-0.05, 0) is 34.9 Å². The zero-order valence-electron chi connectivity index (χ0n) is 16.6. The highest BCUT2D eigenvalue weighted by Gasteiger charge is 2.14. The largest absolute Gasteiger partial charge is 0.383 e. The summed E-state index contributed by atoms with van der Waals surface area (Å²) in [5.74, 6) is 0.583. The van der Waals surface area contributed by atoms with Gasteiger partial charge >= 0.3 is 0 Å². The van der Waals surface area contributed by atoms with Gasteiger partial charge in [0.25, 0.3) is 0 Å². The van der Waals surface area contributed by atoms with Crippen LogP contribution in [0.5, 0.6) is 0 Å². The second-order valence-corrected chi connectivity index (χ2v) is 7.97. The third-order valence-electron chi connectivity index (χ3n) is 5.09. The molecule has 156 valence electrons. The number of rotatable bonds is 1. The SMILES string of the molecule is Cc1ccc(-c2cc3ccccc3c3nc(N)c4ccccc4c23)cc1.[O-][Cl+3]([O-])([O-])O. The average Bonchev–Trinajstić information content (AvgIpc) is 2.73. The van der Waals surface area contributed by atoms with Gasteiger partial charge in [0.2, 0.25) is 0 Å². The molecule has 6 nitrogen and oxygen atoms in total. The lowest BCUT2D eigenvalue weighted by atomic mass is 9.92. The van der Waals surface area contributed by atoms with Crippen molar-refractivity contribution in [2.24, 2.45) is 0 Å². The molecule has 0 saturated carbocycles. The molecule has 0 unspecified atom stereocenters. The van der Waals surface area contributed by atoms with Crippen molar-refractivity contribution in [2.45, 2.75) is 6.92 Å². The lowest BCUT2D eigenvalue weighted by Gasteiger charge is -2.14. The number of benzene rings is 4. The summed E-state index contributed by atoms with van der Waals surface area (Å²) in [6.45, 7) is 2.11. The fourth-order valence-corrected chi connectivity index (χ4v) is 3.78. The van der Waals surface area contributed by atoms with Crippen molar-refractivity contribution in [3.05, 3.63) is 84.4 Å². The molecule has 31 heavy (non-hydrogen) atoms. The quantitative estimate of drug-likeness (QED) is 0.388. The maximum absolute atomic E-state index is 8.60. The molecule has 4 aromatic carbocycles. The molecule has 0 amide bonds. The lowest BCUT2D eigenvalue weighted by Crippen LogP contribution is -2.58. The van der Waals surface area contributed by atoms with Crippen molar-refractivity contribution in [1.29, 1.82) is 0 Å². The summed E-state index contributed by atoms with van der Waals surface area (Å²) >= 11 is 0. The van der Waals surface area contributed by atoms with E-state index in [1.807, 2.05) is 12.1 Å². The van der Waals surface area contributed by atoms with E-state index in [4.69, 9.17) is 29.4 Å². The Morgan fingerprint density at radius 2 is 1.35 bits per heavy atom. The highest BCUT2D eigenvalue weighted by atomic mass is 35.7. The van der Waals surface area contributed by atoms with Crippen LogP contribution in [0.1, 0.15) is 5.56 Å². The molecule has 5 aromatic rings. The summed E-state index contributed by atoms with van der Waals surface area (Å²) in [5.41, 5.74) is 10.9. The third kappa shape index (κ3) is 4.44. The zero-order valence-corrected chi connectivity index (χ0v) is 17.3. The monoisotopic (exact) mass is 434 g/mol. The van der Waals surface area contributed by atoms with Gasteiger partial charge in [0.05, 0.1) is 20.4 Å². The van der Waals surface area contributed by atoms with Gasteiger partial charge in [-0.1, -0.05) is 78.4 Å². The van der Waals surface area contributed by atoms with Crippen LogP contribution in [0.3, 0.4) is 0 Å². The van der Waals surface area contributed by atoms with Gasteiger partial charge in [0.1, 0.15) is 5.82 Å². The number of nitrogens with two attached hydrogens (primary N) is 1. The summed E-state index contributed by atoms with van der Waals surface area (Å²) in [6.07, 6.45) is 0.